The van der Waals surface area contributed by atoms with E-state index >= 15 is 0 Å². The average Bonchev–Trinajstić information content (AvgIpc) is 3.19. The molecule has 0 saturated heterocycles. The van der Waals surface area contributed by atoms with Gasteiger partial charge in [-0.3, -0.25) is 4.79 Å². The predicted octanol–water partition coefficient (Wildman–Crippen LogP) is 4.99. The van der Waals surface area contributed by atoms with Crippen molar-refractivity contribution in [1.29, 1.82) is 0 Å². The van der Waals surface area contributed by atoms with Gasteiger partial charge in [0.15, 0.2) is 0 Å². The lowest BCUT2D eigenvalue weighted by molar-refractivity contribution is -0.130. The monoisotopic (exact) mass is 423 g/mol. The second-order valence-corrected chi connectivity index (χ2v) is 7.37. The summed E-state index contributed by atoms with van der Waals surface area (Å²) in [6.07, 6.45) is 0.546. The predicted molar refractivity (Wildman–Crippen MR) is 117 cm³/mol. The molecule has 7 heteroatoms. The first kappa shape index (κ1) is 20.2. The maximum Gasteiger partial charge on any atom is 0.240 e. The van der Waals surface area contributed by atoms with Crippen molar-refractivity contribution in [3.05, 3.63) is 64.8 Å². The highest BCUT2D eigenvalue weighted by Gasteiger charge is 2.33. The Labute approximate surface area is 180 Å². The van der Waals surface area contributed by atoms with E-state index in [0.717, 1.165) is 39.2 Å². The molecule has 2 aromatic carbocycles. The second-order valence-electron chi connectivity index (χ2n) is 7.01. The van der Waals surface area contributed by atoms with Crippen LogP contribution in [0.4, 0.5) is 0 Å². The van der Waals surface area contributed by atoms with Crippen LogP contribution in [0, 0.1) is 0 Å². The molecular weight excluding hydrogens is 402 g/mol. The molecule has 0 N–H and O–H groups in total. The highest BCUT2D eigenvalue weighted by atomic mass is 35.5. The maximum atomic E-state index is 12.3. The van der Waals surface area contributed by atoms with Crippen molar-refractivity contribution in [1.82, 2.24) is 9.99 Å². The van der Waals surface area contributed by atoms with E-state index in [1.807, 2.05) is 55.5 Å². The highest BCUT2D eigenvalue weighted by molar-refractivity contribution is 6.30. The fourth-order valence-corrected chi connectivity index (χ4v) is 3.91. The number of pyridine rings is 1. The van der Waals surface area contributed by atoms with E-state index < -0.39 is 0 Å². The normalized spacial score (nSPS) is 15.9. The van der Waals surface area contributed by atoms with Crippen LogP contribution in [0.5, 0.6) is 11.5 Å². The van der Waals surface area contributed by atoms with Crippen molar-refractivity contribution in [2.45, 2.75) is 26.3 Å². The van der Waals surface area contributed by atoms with Gasteiger partial charge < -0.3 is 9.47 Å². The summed E-state index contributed by atoms with van der Waals surface area (Å²) >= 11 is 6.54. The number of hydrogen-bond acceptors (Lipinski definition) is 5. The molecule has 1 atom stereocenters. The van der Waals surface area contributed by atoms with Crippen molar-refractivity contribution < 1.29 is 14.3 Å². The number of hydrogen-bond donors (Lipinski definition) is 0. The fraction of sp³-hybridized carbons (Fsp3) is 0.261. The summed E-state index contributed by atoms with van der Waals surface area (Å²) in [4.78, 5) is 16.9. The Balaban J connectivity index is 1.72. The molecule has 0 fully saturated rings. The lowest BCUT2D eigenvalue weighted by Crippen LogP contribution is -2.24. The zero-order chi connectivity index (χ0) is 21.3. The molecule has 1 aromatic heterocycles. The summed E-state index contributed by atoms with van der Waals surface area (Å²) in [6.45, 7) is 4.03. The molecule has 1 aliphatic heterocycles. The summed E-state index contributed by atoms with van der Waals surface area (Å²) in [5, 5.41) is 7.35. The number of amides is 1. The van der Waals surface area contributed by atoms with Gasteiger partial charge in [0.25, 0.3) is 0 Å². The Kier molecular flexibility index (Phi) is 5.59. The molecular formula is C23H22ClN3O3. The first-order valence-electron chi connectivity index (χ1n) is 9.75. The zero-order valence-electron chi connectivity index (χ0n) is 17.1. The van der Waals surface area contributed by atoms with E-state index in [9.17, 15) is 4.79 Å². The van der Waals surface area contributed by atoms with Crippen molar-refractivity contribution in [2.75, 3.05) is 13.7 Å². The number of hydrazone groups is 1. The summed E-state index contributed by atoms with van der Waals surface area (Å²) in [7, 11) is 1.63. The van der Waals surface area contributed by atoms with Crippen molar-refractivity contribution in [3.8, 4) is 11.5 Å². The van der Waals surface area contributed by atoms with Crippen LogP contribution in [-0.4, -0.2) is 35.3 Å². The van der Waals surface area contributed by atoms with Crippen LogP contribution < -0.4 is 9.47 Å². The van der Waals surface area contributed by atoms with Crippen molar-refractivity contribution in [3.63, 3.8) is 0 Å². The quantitative estimate of drug-likeness (QED) is 0.542. The van der Waals surface area contributed by atoms with Crippen LogP contribution in [0.25, 0.3) is 10.9 Å². The number of carbonyl (C=O) groups is 1. The molecule has 1 amide bonds. The van der Waals surface area contributed by atoms with Crippen molar-refractivity contribution in [2.24, 2.45) is 5.10 Å². The van der Waals surface area contributed by atoms with Crippen LogP contribution in [0.1, 0.15) is 37.4 Å². The minimum atomic E-state index is -0.320. The number of nitrogens with zero attached hydrogens (tertiary/aromatic N) is 3. The van der Waals surface area contributed by atoms with Gasteiger partial charge in [0.05, 0.1) is 31.0 Å². The van der Waals surface area contributed by atoms with Crippen LogP contribution in [0.2, 0.25) is 5.15 Å². The van der Waals surface area contributed by atoms with Gasteiger partial charge in [-0.1, -0.05) is 11.6 Å². The molecule has 0 aliphatic carbocycles. The first-order chi connectivity index (χ1) is 14.5. The van der Waals surface area contributed by atoms with Crippen molar-refractivity contribution >= 4 is 34.1 Å². The minimum Gasteiger partial charge on any atom is -0.497 e. The largest absolute Gasteiger partial charge is 0.497 e. The lowest BCUT2D eigenvalue weighted by atomic mass is 9.98. The van der Waals surface area contributed by atoms with E-state index in [1.54, 1.807) is 7.11 Å². The number of ether oxygens (including phenoxy) is 2. The van der Waals surface area contributed by atoms with E-state index in [2.05, 4.69) is 10.1 Å². The van der Waals surface area contributed by atoms with Gasteiger partial charge in [-0.15, -0.1) is 0 Å². The molecule has 4 rings (SSSR count). The molecule has 0 spiro atoms. The summed E-state index contributed by atoms with van der Waals surface area (Å²) in [5.41, 5.74) is 3.29. The molecule has 6 nitrogen and oxygen atoms in total. The van der Waals surface area contributed by atoms with Crippen LogP contribution in [0.3, 0.4) is 0 Å². The molecule has 0 saturated carbocycles. The SMILES string of the molecule is CCOc1ccc2nc(Cl)c([C@H]3CC(c4ccc(OC)cc4)=NN3C(C)=O)cc2c1. The van der Waals surface area contributed by atoms with Gasteiger partial charge in [0.2, 0.25) is 5.91 Å². The summed E-state index contributed by atoms with van der Waals surface area (Å²) < 4.78 is 10.8. The van der Waals surface area contributed by atoms with E-state index in [0.29, 0.717) is 18.2 Å². The smallest absolute Gasteiger partial charge is 0.240 e. The van der Waals surface area contributed by atoms with Gasteiger partial charge in [-0.2, -0.15) is 5.10 Å². The van der Waals surface area contributed by atoms with E-state index in [1.165, 1.54) is 11.9 Å². The molecule has 30 heavy (non-hydrogen) atoms. The number of carbonyl (C=O) groups excluding carboxylic acids is 1. The molecule has 3 aromatic rings. The third-order valence-corrected chi connectivity index (χ3v) is 5.40. The Morgan fingerprint density at radius 1 is 1.17 bits per heavy atom. The molecule has 2 heterocycles. The van der Waals surface area contributed by atoms with Gasteiger partial charge >= 0.3 is 0 Å². The van der Waals surface area contributed by atoms with Crippen LogP contribution in [0.15, 0.2) is 53.6 Å². The highest BCUT2D eigenvalue weighted by Crippen LogP contribution is 2.37. The lowest BCUT2D eigenvalue weighted by Gasteiger charge is -2.21. The first-order valence-corrected chi connectivity index (χ1v) is 10.1. The standard InChI is InChI=1S/C23H22ClN3O3/c1-4-30-18-9-10-20-16(11-18)12-19(23(24)25-20)22-13-21(26-27(22)14(2)28)15-5-7-17(29-3)8-6-15/h5-12,22H,4,13H2,1-3H3/t22-/m1/s1. The Morgan fingerprint density at radius 2 is 1.90 bits per heavy atom. The van der Waals surface area contributed by atoms with Gasteiger partial charge in [-0.25, -0.2) is 9.99 Å². The molecule has 154 valence electrons. The average molecular weight is 424 g/mol. The number of benzene rings is 2. The van der Waals surface area contributed by atoms with Crippen LogP contribution in [-0.2, 0) is 4.79 Å². The number of aromatic nitrogens is 1. The fourth-order valence-electron chi connectivity index (χ4n) is 3.64. The Hall–Kier alpha value is -3.12. The number of rotatable bonds is 5. The van der Waals surface area contributed by atoms with Gasteiger partial charge in [0.1, 0.15) is 16.7 Å². The summed E-state index contributed by atoms with van der Waals surface area (Å²) in [5.74, 6) is 1.39. The molecule has 0 radical (unpaired) electrons. The van der Waals surface area contributed by atoms with Crippen LogP contribution >= 0.6 is 11.6 Å². The zero-order valence-corrected chi connectivity index (χ0v) is 17.8. The topological polar surface area (TPSA) is 64.0 Å². The number of fused-ring (bicyclic) bond motifs is 1. The number of halogens is 1. The summed E-state index contributed by atoms with van der Waals surface area (Å²) in [6, 6.07) is 15.0. The minimum absolute atomic E-state index is 0.150. The third kappa shape index (κ3) is 3.83. The third-order valence-electron chi connectivity index (χ3n) is 5.09. The molecule has 0 unspecified atom stereocenters. The Bertz CT molecular complexity index is 1130. The Morgan fingerprint density at radius 3 is 2.57 bits per heavy atom. The molecule has 1 aliphatic rings. The van der Waals surface area contributed by atoms with E-state index in [-0.39, 0.29) is 11.9 Å². The maximum absolute atomic E-state index is 12.3. The van der Waals surface area contributed by atoms with E-state index in [4.69, 9.17) is 21.1 Å². The molecule has 0 bridgehead atoms. The number of methoxy groups -OCH3 is 1. The van der Waals surface area contributed by atoms with Gasteiger partial charge in [-0.05, 0) is 61.0 Å². The second kappa shape index (κ2) is 8.32. The van der Waals surface area contributed by atoms with Gasteiger partial charge in [0, 0.05) is 24.3 Å².